The molecule has 1 aromatic carbocycles. The summed E-state index contributed by atoms with van der Waals surface area (Å²) in [6.07, 6.45) is -1.01. The van der Waals surface area contributed by atoms with E-state index in [0.29, 0.717) is 5.56 Å². The fourth-order valence-electron chi connectivity index (χ4n) is 3.66. The molecule has 0 aromatic heterocycles. The molecule has 134 valence electrons. The van der Waals surface area contributed by atoms with Gasteiger partial charge in [-0.15, -0.1) is 0 Å². The molecular formula is C18H19F3N2O2. The molecule has 2 bridgehead atoms. The fourth-order valence-corrected chi connectivity index (χ4v) is 3.66. The van der Waals surface area contributed by atoms with E-state index in [0.717, 1.165) is 22.4 Å². The van der Waals surface area contributed by atoms with E-state index in [4.69, 9.17) is 0 Å². The van der Waals surface area contributed by atoms with Crippen LogP contribution in [0.2, 0.25) is 0 Å². The highest BCUT2D eigenvalue weighted by atomic mass is 19.4. The molecule has 0 saturated carbocycles. The first-order chi connectivity index (χ1) is 11.7. The molecule has 2 unspecified atom stereocenters. The van der Waals surface area contributed by atoms with Crippen LogP contribution in [0.5, 0.6) is 0 Å². The zero-order chi connectivity index (χ0) is 18.4. The predicted molar refractivity (Wildman–Crippen MR) is 86.3 cm³/mol. The number of nitrogens with zero attached hydrogens (tertiary/aromatic N) is 2. The molecule has 2 atom stereocenters. The highest BCUT2D eigenvalue weighted by molar-refractivity contribution is 6.04. The van der Waals surface area contributed by atoms with Gasteiger partial charge in [-0.2, -0.15) is 13.2 Å². The molecule has 0 N–H and O–H groups in total. The molecule has 1 heterocycles. The van der Waals surface area contributed by atoms with Crippen molar-refractivity contribution in [3.8, 4) is 0 Å². The maximum absolute atomic E-state index is 12.7. The van der Waals surface area contributed by atoms with E-state index < -0.39 is 12.1 Å². The van der Waals surface area contributed by atoms with Crippen molar-refractivity contribution in [2.24, 2.45) is 0 Å². The van der Waals surface area contributed by atoms with Gasteiger partial charge in [-0.3, -0.25) is 9.59 Å². The molecule has 1 aromatic rings. The normalized spacial score (nSPS) is 22.2. The third-order valence-corrected chi connectivity index (χ3v) is 4.76. The lowest BCUT2D eigenvalue weighted by Gasteiger charge is -2.32. The minimum absolute atomic E-state index is 0.0486. The second-order valence-electron chi connectivity index (χ2n) is 6.82. The summed E-state index contributed by atoms with van der Waals surface area (Å²) in [4.78, 5) is 26.4. The van der Waals surface area contributed by atoms with E-state index >= 15 is 0 Å². The van der Waals surface area contributed by atoms with Gasteiger partial charge in [0.1, 0.15) is 0 Å². The number of hydrogen-bond donors (Lipinski definition) is 0. The van der Waals surface area contributed by atoms with Gasteiger partial charge in [-0.25, -0.2) is 0 Å². The van der Waals surface area contributed by atoms with Gasteiger partial charge in [0.2, 0.25) is 0 Å². The van der Waals surface area contributed by atoms with Crippen LogP contribution in [-0.2, 0) is 4.79 Å². The first-order valence-electron chi connectivity index (χ1n) is 8.05. The molecule has 7 heteroatoms. The summed E-state index contributed by atoms with van der Waals surface area (Å²) in [6, 6.07) is 5.29. The number of likely N-dealkylation sites (tertiary alicyclic amines) is 1. The van der Waals surface area contributed by atoms with Gasteiger partial charge in [0.15, 0.2) is 5.78 Å². The summed E-state index contributed by atoms with van der Waals surface area (Å²) in [6.45, 7) is 0.128. The number of fused-ring (bicyclic) bond motifs is 5. The molecule has 1 amide bonds. The molecule has 0 radical (unpaired) electrons. The van der Waals surface area contributed by atoms with Gasteiger partial charge in [-0.05, 0) is 23.6 Å². The first-order valence-corrected chi connectivity index (χ1v) is 8.05. The summed E-state index contributed by atoms with van der Waals surface area (Å²) in [5, 5.41) is 0. The molecule has 4 nitrogen and oxygen atoms in total. The summed E-state index contributed by atoms with van der Waals surface area (Å²) in [5.74, 6) is -2.17. The van der Waals surface area contributed by atoms with Crippen molar-refractivity contribution in [2.45, 2.75) is 24.4 Å². The van der Waals surface area contributed by atoms with Crippen LogP contribution in [0.25, 0.3) is 0 Å². The van der Waals surface area contributed by atoms with Crippen LogP contribution < -0.4 is 0 Å². The van der Waals surface area contributed by atoms with Gasteiger partial charge in [0, 0.05) is 56.9 Å². The molecule has 1 fully saturated rings. The van der Waals surface area contributed by atoms with Crippen LogP contribution in [0.4, 0.5) is 13.2 Å². The van der Waals surface area contributed by atoms with Crippen LogP contribution >= 0.6 is 0 Å². The van der Waals surface area contributed by atoms with Crippen LogP contribution in [-0.4, -0.2) is 54.9 Å². The number of alkyl halides is 3. The number of piperidine rings is 1. The first kappa shape index (κ1) is 17.5. The van der Waals surface area contributed by atoms with Crippen molar-refractivity contribution in [1.82, 2.24) is 9.80 Å². The molecule has 1 aliphatic carbocycles. The minimum Gasteiger partial charge on any atom is -0.383 e. The Morgan fingerprint density at radius 2 is 1.80 bits per heavy atom. The SMILES string of the molecule is CN(C)C=CC(=O)c1ccc2c(c1)C1CC2CN(C(=O)C(F)(F)F)C1. The average molecular weight is 352 g/mol. The van der Waals surface area contributed by atoms with Crippen LogP contribution in [0.15, 0.2) is 30.5 Å². The Morgan fingerprint density at radius 3 is 2.40 bits per heavy atom. The van der Waals surface area contributed by atoms with Crippen LogP contribution in [0.3, 0.4) is 0 Å². The number of carbonyl (C=O) groups is 2. The smallest absolute Gasteiger partial charge is 0.383 e. The Morgan fingerprint density at radius 1 is 1.16 bits per heavy atom. The topological polar surface area (TPSA) is 40.6 Å². The van der Waals surface area contributed by atoms with E-state index in [9.17, 15) is 22.8 Å². The van der Waals surface area contributed by atoms with E-state index in [-0.39, 0.29) is 30.7 Å². The predicted octanol–water partition coefficient (Wildman–Crippen LogP) is 2.92. The second-order valence-corrected chi connectivity index (χ2v) is 6.82. The summed E-state index contributed by atoms with van der Waals surface area (Å²) < 4.78 is 38.1. The van der Waals surface area contributed by atoms with Crippen LogP contribution in [0, 0.1) is 0 Å². The number of allylic oxidation sites excluding steroid dienone is 1. The monoisotopic (exact) mass is 352 g/mol. The number of ketones is 1. The molecule has 1 aliphatic heterocycles. The summed E-state index contributed by atoms with van der Waals surface area (Å²) in [7, 11) is 3.61. The minimum atomic E-state index is -4.85. The van der Waals surface area contributed by atoms with E-state index in [1.54, 1.807) is 23.2 Å². The standard InChI is InChI=1S/C18H19F3N2O2/c1-22(2)6-5-16(24)11-3-4-14-12-7-13(15(14)8-11)10-23(9-12)17(25)18(19,20)21/h3-6,8,12-13H,7,9-10H2,1-2H3. The number of halogens is 3. The van der Waals surface area contributed by atoms with Crippen LogP contribution in [0.1, 0.15) is 39.7 Å². The lowest BCUT2D eigenvalue weighted by atomic mass is 9.95. The van der Waals surface area contributed by atoms with Crippen molar-refractivity contribution < 1.29 is 22.8 Å². The number of hydrogen-bond acceptors (Lipinski definition) is 3. The molecule has 2 aliphatic rings. The van der Waals surface area contributed by atoms with Crippen molar-refractivity contribution in [1.29, 1.82) is 0 Å². The molecule has 0 spiro atoms. The summed E-state index contributed by atoms with van der Waals surface area (Å²) >= 11 is 0. The van der Waals surface area contributed by atoms with E-state index in [1.165, 1.54) is 6.08 Å². The lowest BCUT2D eigenvalue weighted by Crippen LogP contribution is -2.46. The number of carbonyl (C=O) groups excluding carboxylic acids is 2. The van der Waals surface area contributed by atoms with Gasteiger partial charge in [0.05, 0.1) is 0 Å². The Kier molecular flexibility index (Phi) is 4.34. The highest BCUT2D eigenvalue weighted by Crippen LogP contribution is 2.46. The fraction of sp³-hybridized carbons (Fsp3) is 0.444. The van der Waals surface area contributed by atoms with Gasteiger partial charge in [0.25, 0.3) is 0 Å². The van der Waals surface area contributed by atoms with Gasteiger partial charge >= 0.3 is 12.1 Å². The number of amides is 1. The zero-order valence-electron chi connectivity index (χ0n) is 14.0. The molecule has 25 heavy (non-hydrogen) atoms. The highest BCUT2D eigenvalue weighted by Gasteiger charge is 2.47. The second kappa shape index (κ2) is 6.20. The largest absolute Gasteiger partial charge is 0.471 e. The third-order valence-electron chi connectivity index (χ3n) is 4.76. The Hall–Kier alpha value is -2.31. The van der Waals surface area contributed by atoms with Gasteiger partial charge in [-0.1, -0.05) is 12.1 Å². The third kappa shape index (κ3) is 3.41. The number of benzene rings is 1. The number of rotatable bonds is 3. The quantitative estimate of drug-likeness (QED) is 0.620. The zero-order valence-corrected chi connectivity index (χ0v) is 14.0. The Balaban J connectivity index is 1.83. The van der Waals surface area contributed by atoms with Crippen molar-refractivity contribution in [3.63, 3.8) is 0 Å². The molecule has 1 saturated heterocycles. The van der Waals surface area contributed by atoms with Crippen molar-refractivity contribution in [3.05, 3.63) is 47.2 Å². The summed E-state index contributed by atoms with van der Waals surface area (Å²) in [5.41, 5.74) is 2.36. The average Bonchev–Trinajstić information content (AvgIpc) is 2.81. The molecule has 3 rings (SSSR count). The van der Waals surface area contributed by atoms with Crippen molar-refractivity contribution in [2.75, 3.05) is 27.2 Å². The maximum atomic E-state index is 12.7. The van der Waals surface area contributed by atoms with Gasteiger partial charge < -0.3 is 9.80 Å². The van der Waals surface area contributed by atoms with E-state index in [2.05, 4.69) is 0 Å². The Labute approximate surface area is 143 Å². The van der Waals surface area contributed by atoms with E-state index in [1.807, 2.05) is 20.2 Å². The lowest BCUT2D eigenvalue weighted by molar-refractivity contribution is -0.186. The maximum Gasteiger partial charge on any atom is 0.471 e. The van der Waals surface area contributed by atoms with Crippen molar-refractivity contribution >= 4 is 11.7 Å². The molecular weight excluding hydrogens is 333 g/mol. The Bertz CT molecular complexity index is 740.